The van der Waals surface area contributed by atoms with Gasteiger partial charge < -0.3 is 15.2 Å². The molecular formula is C16H20N2O2. The predicted octanol–water partition coefficient (Wildman–Crippen LogP) is 3.15. The molecule has 106 valence electrons. The van der Waals surface area contributed by atoms with Gasteiger partial charge in [-0.2, -0.15) is 0 Å². The van der Waals surface area contributed by atoms with Crippen LogP contribution in [0.15, 0.2) is 42.6 Å². The maximum Gasteiger partial charge on any atom is 0.124 e. The predicted molar refractivity (Wildman–Crippen MR) is 79.8 cm³/mol. The molecule has 0 saturated heterocycles. The molecule has 4 nitrogen and oxygen atoms in total. The normalized spacial score (nSPS) is 11.9. The zero-order valence-corrected chi connectivity index (χ0v) is 11.8. The van der Waals surface area contributed by atoms with Gasteiger partial charge in [0.2, 0.25) is 0 Å². The third-order valence-corrected chi connectivity index (χ3v) is 3.05. The fourth-order valence-electron chi connectivity index (χ4n) is 2.05. The van der Waals surface area contributed by atoms with Gasteiger partial charge in [0.1, 0.15) is 5.75 Å². The molecule has 0 radical (unpaired) electrons. The van der Waals surface area contributed by atoms with Gasteiger partial charge in [0.25, 0.3) is 0 Å². The van der Waals surface area contributed by atoms with Crippen LogP contribution in [0.25, 0.3) is 0 Å². The molecule has 2 N–H and O–H groups in total. The summed E-state index contributed by atoms with van der Waals surface area (Å²) in [5, 5.41) is 12.8. The Morgan fingerprint density at radius 2 is 2.15 bits per heavy atom. The molecule has 4 heteroatoms. The number of ether oxygens (including phenoxy) is 1. The van der Waals surface area contributed by atoms with Gasteiger partial charge in [-0.05, 0) is 44.2 Å². The van der Waals surface area contributed by atoms with E-state index in [-0.39, 0.29) is 12.6 Å². The number of anilines is 1. The SMILES string of the molecule is CCOc1ccc(NC(C)c2ccccn2)cc1CO. The second-order valence-corrected chi connectivity index (χ2v) is 4.53. The van der Waals surface area contributed by atoms with Gasteiger partial charge in [0.15, 0.2) is 0 Å². The van der Waals surface area contributed by atoms with E-state index in [4.69, 9.17) is 4.74 Å². The first-order valence-electron chi connectivity index (χ1n) is 6.78. The quantitative estimate of drug-likeness (QED) is 0.848. The third-order valence-electron chi connectivity index (χ3n) is 3.05. The second-order valence-electron chi connectivity index (χ2n) is 4.53. The van der Waals surface area contributed by atoms with Crippen LogP contribution in [-0.4, -0.2) is 16.7 Å². The summed E-state index contributed by atoms with van der Waals surface area (Å²) in [4.78, 5) is 4.33. The zero-order chi connectivity index (χ0) is 14.4. The van der Waals surface area contributed by atoms with Crippen LogP contribution in [-0.2, 0) is 6.61 Å². The Balaban J connectivity index is 2.13. The van der Waals surface area contributed by atoms with E-state index >= 15 is 0 Å². The Labute approximate surface area is 119 Å². The maximum atomic E-state index is 9.40. The number of aliphatic hydroxyl groups excluding tert-OH is 1. The van der Waals surface area contributed by atoms with E-state index in [0.717, 1.165) is 22.7 Å². The molecule has 20 heavy (non-hydrogen) atoms. The molecule has 1 heterocycles. The van der Waals surface area contributed by atoms with Crippen LogP contribution in [0.1, 0.15) is 31.1 Å². The highest BCUT2D eigenvalue weighted by Crippen LogP contribution is 2.25. The van der Waals surface area contributed by atoms with E-state index in [0.29, 0.717) is 6.61 Å². The Morgan fingerprint density at radius 1 is 1.30 bits per heavy atom. The summed E-state index contributed by atoms with van der Waals surface area (Å²) < 4.78 is 5.47. The van der Waals surface area contributed by atoms with Gasteiger partial charge in [-0.15, -0.1) is 0 Å². The van der Waals surface area contributed by atoms with Gasteiger partial charge in [-0.3, -0.25) is 4.98 Å². The molecule has 0 amide bonds. The summed E-state index contributed by atoms with van der Waals surface area (Å²) in [6.07, 6.45) is 1.78. The van der Waals surface area contributed by atoms with Crippen molar-refractivity contribution in [3.8, 4) is 5.75 Å². The summed E-state index contributed by atoms with van der Waals surface area (Å²) in [5.74, 6) is 0.728. The minimum absolute atomic E-state index is 0.0389. The lowest BCUT2D eigenvalue weighted by atomic mass is 10.1. The van der Waals surface area contributed by atoms with Crippen molar-refractivity contribution in [2.75, 3.05) is 11.9 Å². The molecule has 1 aromatic carbocycles. The topological polar surface area (TPSA) is 54.4 Å². The lowest BCUT2D eigenvalue weighted by Gasteiger charge is -2.16. The van der Waals surface area contributed by atoms with Crippen molar-refractivity contribution in [1.82, 2.24) is 4.98 Å². The smallest absolute Gasteiger partial charge is 0.124 e. The number of nitrogens with zero attached hydrogens (tertiary/aromatic N) is 1. The first-order chi connectivity index (χ1) is 9.74. The fourth-order valence-corrected chi connectivity index (χ4v) is 2.05. The number of aliphatic hydroxyl groups is 1. The molecule has 2 aromatic rings. The molecule has 0 fully saturated rings. The number of hydrogen-bond donors (Lipinski definition) is 2. The van der Waals surface area contributed by atoms with E-state index in [2.05, 4.69) is 17.2 Å². The molecule has 2 rings (SSSR count). The molecule has 0 spiro atoms. The minimum atomic E-state index is -0.0389. The highest BCUT2D eigenvalue weighted by Gasteiger charge is 2.08. The van der Waals surface area contributed by atoms with E-state index in [9.17, 15) is 5.11 Å². The van der Waals surface area contributed by atoms with Crippen LogP contribution >= 0.6 is 0 Å². The summed E-state index contributed by atoms with van der Waals surface area (Å²) in [6, 6.07) is 11.7. The van der Waals surface area contributed by atoms with Crippen molar-refractivity contribution in [3.63, 3.8) is 0 Å². The van der Waals surface area contributed by atoms with Crippen LogP contribution in [0.4, 0.5) is 5.69 Å². The monoisotopic (exact) mass is 272 g/mol. The number of aromatic nitrogens is 1. The van der Waals surface area contributed by atoms with Crippen molar-refractivity contribution in [2.45, 2.75) is 26.5 Å². The average molecular weight is 272 g/mol. The lowest BCUT2D eigenvalue weighted by Crippen LogP contribution is -2.08. The average Bonchev–Trinajstić information content (AvgIpc) is 2.50. The Bertz CT molecular complexity index is 543. The maximum absolute atomic E-state index is 9.40. The van der Waals surface area contributed by atoms with Gasteiger partial charge in [0, 0.05) is 17.4 Å². The Kier molecular flexibility index (Phi) is 4.96. The second kappa shape index (κ2) is 6.91. The van der Waals surface area contributed by atoms with Crippen LogP contribution < -0.4 is 10.1 Å². The van der Waals surface area contributed by atoms with E-state index < -0.39 is 0 Å². The van der Waals surface area contributed by atoms with Gasteiger partial charge >= 0.3 is 0 Å². The minimum Gasteiger partial charge on any atom is -0.494 e. The molecule has 0 aliphatic carbocycles. The first-order valence-corrected chi connectivity index (χ1v) is 6.78. The lowest BCUT2D eigenvalue weighted by molar-refractivity contribution is 0.267. The summed E-state index contributed by atoms with van der Waals surface area (Å²) >= 11 is 0. The highest BCUT2D eigenvalue weighted by atomic mass is 16.5. The zero-order valence-electron chi connectivity index (χ0n) is 11.8. The largest absolute Gasteiger partial charge is 0.494 e. The molecule has 1 atom stereocenters. The molecule has 1 aromatic heterocycles. The third kappa shape index (κ3) is 3.48. The van der Waals surface area contributed by atoms with Crippen molar-refractivity contribution < 1.29 is 9.84 Å². The summed E-state index contributed by atoms with van der Waals surface area (Å²) in [7, 11) is 0. The number of rotatable bonds is 6. The van der Waals surface area contributed by atoms with E-state index in [1.54, 1.807) is 6.20 Å². The molecule has 0 saturated carbocycles. The van der Waals surface area contributed by atoms with Gasteiger partial charge in [-0.1, -0.05) is 6.07 Å². The number of benzene rings is 1. The molecule has 0 aliphatic heterocycles. The van der Waals surface area contributed by atoms with Crippen LogP contribution in [0.2, 0.25) is 0 Å². The van der Waals surface area contributed by atoms with E-state index in [1.165, 1.54) is 0 Å². The molecule has 0 aliphatic rings. The summed E-state index contributed by atoms with van der Waals surface area (Å²) in [5.41, 5.74) is 2.70. The number of nitrogens with one attached hydrogen (secondary N) is 1. The van der Waals surface area contributed by atoms with E-state index in [1.807, 2.05) is 43.3 Å². The molecule has 1 unspecified atom stereocenters. The van der Waals surface area contributed by atoms with Crippen molar-refractivity contribution >= 4 is 5.69 Å². The standard InChI is InChI=1S/C16H20N2O2/c1-3-20-16-8-7-14(10-13(16)11-19)18-12(2)15-6-4-5-9-17-15/h4-10,12,18-19H,3,11H2,1-2H3. The van der Waals surface area contributed by atoms with Crippen LogP contribution in [0, 0.1) is 0 Å². The van der Waals surface area contributed by atoms with Crippen molar-refractivity contribution in [1.29, 1.82) is 0 Å². The van der Waals surface area contributed by atoms with Crippen LogP contribution in [0.3, 0.4) is 0 Å². The first kappa shape index (κ1) is 14.3. The molecule has 0 bridgehead atoms. The van der Waals surface area contributed by atoms with Gasteiger partial charge in [0.05, 0.1) is 24.9 Å². The van der Waals surface area contributed by atoms with Crippen LogP contribution in [0.5, 0.6) is 5.75 Å². The van der Waals surface area contributed by atoms with Crippen molar-refractivity contribution in [3.05, 3.63) is 53.9 Å². The number of pyridine rings is 1. The number of hydrogen-bond acceptors (Lipinski definition) is 4. The Hall–Kier alpha value is -2.07. The Morgan fingerprint density at radius 3 is 2.80 bits per heavy atom. The van der Waals surface area contributed by atoms with Gasteiger partial charge in [-0.25, -0.2) is 0 Å². The molecular weight excluding hydrogens is 252 g/mol. The fraction of sp³-hybridized carbons (Fsp3) is 0.312. The highest BCUT2D eigenvalue weighted by molar-refractivity contribution is 5.52. The van der Waals surface area contributed by atoms with Crippen molar-refractivity contribution in [2.24, 2.45) is 0 Å². The summed E-state index contributed by atoms with van der Waals surface area (Å²) in [6.45, 7) is 4.53.